The van der Waals surface area contributed by atoms with Crippen molar-refractivity contribution in [2.75, 3.05) is 0 Å². The molecule has 0 bridgehead atoms. The number of nitrogens with two attached hydrogens (primary N) is 1. The Morgan fingerprint density at radius 1 is 1.06 bits per heavy atom. The molecule has 92 valence electrons. The van der Waals surface area contributed by atoms with Gasteiger partial charge in [0.1, 0.15) is 0 Å². The van der Waals surface area contributed by atoms with Gasteiger partial charge in [0.15, 0.2) is 0 Å². The van der Waals surface area contributed by atoms with Crippen LogP contribution in [0.25, 0.3) is 10.1 Å². The molecule has 3 aromatic rings. The molecule has 18 heavy (non-hydrogen) atoms. The SMILES string of the molecule is NNC(c1ccc(Cl)s1)c1cc2ccccc2s1. The lowest BCUT2D eigenvalue weighted by Crippen LogP contribution is -2.27. The molecule has 0 aliphatic heterocycles. The molecule has 0 spiro atoms. The van der Waals surface area contributed by atoms with Crippen LogP contribution >= 0.6 is 34.3 Å². The molecule has 5 heteroatoms. The summed E-state index contributed by atoms with van der Waals surface area (Å²) in [7, 11) is 0. The fourth-order valence-electron chi connectivity index (χ4n) is 1.93. The first-order valence-electron chi connectivity index (χ1n) is 5.48. The lowest BCUT2D eigenvalue weighted by molar-refractivity contribution is 0.656. The molecule has 0 aliphatic rings. The number of hydrazine groups is 1. The van der Waals surface area contributed by atoms with E-state index in [9.17, 15) is 0 Å². The van der Waals surface area contributed by atoms with Crippen LogP contribution in [0.2, 0.25) is 4.34 Å². The van der Waals surface area contributed by atoms with Crippen LogP contribution in [0, 0.1) is 0 Å². The Morgan fingerprint density at radius 2 is 1.89 bits per heavy atom. The van der Waals surface area contributed by atoms with Gasteiger partial charge in [-0.3, -0.25) is 5.84 Å². The molecule has 1 unspecified atom stereocenters. The summed E-state index contributed by atoms with van der Waals surface area (Å²) in [4.78, 5) is 2.34. The summed E-state index contributed by atoms with van der Waals surface area (Å²) >= 11 is 9.29. The Bertz CT molecular complexity index is 641. The molecule has 1 atom stereocenters. The van der Waals surface area contributed by atoms with Crippen LogP contribution in [0.4, 0.5) is 0 Å². The first-order valence-corrected chi connectivity index (χ1v) is 7.49. The van der Waals surface area contributed by atoms with Gasteiger partial charge < -0.3 is 0 Å². The maximum absolute atomic E-state index is 5.98. The molecule has 0 radical (unpaired) electrons. The van der Waals surface area contributed by atoms with E-state index < -0.39 is 0 Å². The van der Waals surface area contributed by atoms with E-state index in [0.717, 1.165) is 9.21 Å². The van der Waals surface area contributed by atoms with Gasteiger partial charge in [-0.05, 0) is 29.7 Å². The summed E-state index contributed by atoms with van der Waals surface area (Å²) < 4.78 is 2.06. The lowest BCUT2D eigenvalue weighted by atomic mass is 10.2. The largest absolute Gasteiger partial charge is 0.271 e. The van der Waals surface area contributed by atoms with E-state index in [4.69, 9.17) is 17.4 Å². The van der Waals surface area contributed by atoms with E-state index in [0.29, 0.717) is 0 Å². The molecule has 3 N–H and O–H groups in total. The number of halogens is 1. The highest BCUT2D eigenvalue weighted by molar-refractivity contribution is 7.19. The van der Waals surface area contributed by atoms with Gasteiger partial charge in [0.05, 0.1) is 10.4 Å². The molecule has 2 heterocycles. The molecule has 2 nitrogen and oxygen atoms in total. The minimum atomic E-state index is 0.0138. The normalized spacial score (nSPS) is 13.0. The van der Waals surface area contributed by atoms with E-state index in [1.807, 2.05) is 18.2 Å². The quantitative estimate of drug-likeness (QED) is 0.562. The number of fused-ring (bicyclic) bond motifs is 1. The van der Waals surface area contributed by atoms with Crippen molar-refractivity contribution in [3.05, 3.63) is 56.6 Å². The van der Waals surface area contributed by atoms with Crippen molar-refractivity contribution in [2.45, 2.75) is 6.04 Å². The minimum Gasteiger partial charge on any atom is -0.271 e. The highest BCUT2D eigenvalue weighted by Crippen LogP contribution is 2.36. The molecule has 0 amide bonds. The number of rotatable bonds is 3. The number of thiophene rings is 2. The maximum Gasteiger partial charge on any atom is 0.0931 e. The molecule has 2 aromatic heterocycles. The van der Waals surface area contributed by atoms with Gasteiger partial charge >= 0.3 is 0 Å². The van der Waals surface area contributed by atoms with Gasteiger partial charge in [0.25, 0.3) is 0 Å². The number of hydrogen-bond donors (Lipinski definition) is 2. The van der Waals surface area contributed by atoms with Crippen LogP contribution < -0.4 is 11.3 Å². The van der Waals surface area contributed by atoms with Gasteiger partial charge in [0.2, 0.25) is 0 Å². The minimum absolute atomic E-state index is 0.0138. The molecular formula is C13H11ClN2S2. The predicted octanol–water partition coefficient (Wildman–Crippen LogP) is 4.17. The first kappa shape index (κ1) is 12.1. The van der Waals surface area contributed by atoms with Gasteiger partial charge in [-0.25, -0.2) is 5.43 Å². The average Bonchev–Trinajstić information content (AvgIpc) is 2.96. The smallest absolute Gasteiger partial charge is 0.0931 e. The summed E-state index contributed by atoms with van der Waals surface area (Å²) in [6, 6.07) is 14.4. The predicted molar refractivity (Wildman–Crippen MR) is 80.3 cm³/mol. The van der Waals surface area contributed by atoms with Crippen molar-refractivity contribution in [3.63, 3.8) is 0 Å². The van der Waals surface area contributed by atoms with Crippen LogP contribution in [0.5, 0.6) is 0 Å². The van der Waals surface area contributed by atoms with Gasteiger partial charge in [-0.2, -0.15) is 0 Å². The lowest BCUT2D eigenvalue weighted by Gasteiger charge is -2.11. The van der Waals surface area contributed by atoms with Crippen LogP contribution in [0.15, 0.2) is 42.5 Å². The summed E-state index contributed by atoms with van der Waals surface area (Å²) in [6.07, 6.45) is 0. The second kappa shape index (κ2) is 4.99. The third-order valence-corrected chi connectivity index (χ3v) is 5.25. The van der Waals surface area contributed by atoms with Crippen LogP contribution in [0.3, 0.4) is 0 Å². The molecule has 1 aromatic carbocycles. The zero-order valence-corrected chi connectivity index (χ0v) is 11.8. The van der Waals surface area contributed by atoms with Gasteiger partial charge in [-0.1, -0.05) is 29.8 Å². The van der Waals surface area contributed by atoms with Crippen molar-refractivity contribution in [2.24, 2.45) is 5.84 Å². The molecule has 0 fully saturated rings. The third kappa shape index (κ3) is 2.18. The Hall–Kier alpha value is -0.910. The maximum atomic E-state index is 5.98. The zero-order valence-electron chi connectivity index (χ0n) is 9.39. The van der Waals surface area contributed by atoms with Crippen molar-refractivity contribution < 1.29 is 0 Å². The van der Waals surface area contributed by atoms with E-state index >= 15 is 0 Å². The van der Waals surface area contributed by atoms with Crippen molar-refractivity contribution in [1.82, 2.24) is 5.43 Å². The van der Waals surface area contributed by atoms with Gasteiger partial charge in [0, 0.05) is 14.5 Å². The topological polar surface area (TPSA) is 38.0 Å². The summed E-state index contributed by atoms with van der Waals surface area (Å²) in [6.45, 7) is 0. The van der Waals surface area contributed by atoms with Crippen molar-refractivity contribution in [1.29, 1.82) is 0 Å². The molecule has 0 saturated heterocycles. The second-order valence-electron chi connectivity index (χ2n) is 3.93. The van der Waals surface area contributed by atoms with Crippen molar-refractivity contribution >= 4 is 44.4 Å². The van der Waals surface area contributed by atoms with Crippen LogP contribution in [-0.4, -0.2) is 0 Å². The average molecular weight is 295 g/mol. The highest BCUT2D eigenvalue weighted by Gasteiger charge is 2.17. The summed E-state index contributed by atoms with van der Waals surface area (Å²) in [5.41, 5.74) is 2.87. The van der Waals surface area contributed by atoms with Crippen molar-refractivity contribution in [3.8, 4) is 0 Å². The first-order chi connectivity index (χ1) is 8.78. The summed E-state index contributed by atoms with van der Waals surface area (Å²) in [5, 5.41) is 1.25. The third-order valence-electron chi connectivity index (χ3n) is 2.77. The monoisotopic (exact) mass is 294 g/mol. The fraction of sp³-hybridized carbons (Fsp3) is 0.0769. The van der Waals surface area contributed by atoms with E-state index in [2.05, 4.69) is 29.7 Å². The number of hydrogen-bond acceptors (Lipinski definition) is 4. The fourth-order valence-corrected chi connectivity index (χ4v) is 4.29. The second-order valence-corrected chi connectivity index (χ2v) is 6.79. The highest BCUT2D eigenvalue weighted by atomic mass is 35.5. The molecule has 3 rings (SSSR count). The zero-order chi connectivity index (χ0) is 12.5. The number of benzene rings is 1. The Kier molecular flexibility index (Phi) is 3.37. The van der Waals surface area contributed by atoms with Crippen LogP contribution in [-0.2, 0) is 0 Å². The summed E-state index contributed by atoms with van der Waals surface area (Å²) in [5.74, 6) is 5.69. The van der Waals surface area contributed by atoms with E-state index in [1.54, 1.807) is 22.7 Å². The molecule has 0 saturated carbocycles. The Morgan fingerprint density at radius 3 is 2.56 bits per heavy atom. The standard InChI is InChI=1S/C13H11ClN2S2/c14-12-6-5-10(18-12)13(16-15)11-7-8-3-1-2-4-9(8)17-11/h1-7,13,16H,15H2. The number of nitrogens with one attached hydrogen (secondary N) is 1. The van der Waals surface area contributed by atoms with Gasteiger partial charge in [-0.15, -0.1) is 22.7 Å². The molecule has 0 aliphatic carbocycles. The Balaban J connectivity index is 2.05. The van der Waals surface area contributed by atoms with E-state index in [1.165, 1.54) is 15.0 Å². The molecular weight excluding hydrogens is 284 g/mol. The van der Waals surface area contributed by atoms with E-state index in [-0.39, 0.29) is 6.04 Å². The van der Waals surface area contributed by atoms with Crippen LogP contribution in [0.1, 0.15) is 15.8 Å². The Labute approximate surface area is 118 Å².